The molecule has 0 aliphatic carbocycles. The standard InChI is InChI=1S/C20H17N5O3/c1-28-16-11-5-13(6-12-16)17-3-2-4-18-23-19(24-25(17)18)21-14-7-9-15(10-8-14)22-20(26)27/h2-12,22H,1H3,(H,21,24)(H,26,27). The molecule has 0 radical (unpaired) electrons. The molecule has 28 heavy (non-hydrogen) atoms. The van der Waals surface area contributed by atoms with Gasteiger partial charge in [-0.25, -0.2) is 9.31 Å². The molecule has 0 atom stereocenters. The van der Waals surface area contributed by atoms with Crippen molar-refractivity contribution in [1.29, 1.82) is 0 Å². The van der Waals surface area contributed by atoms with E-state index in [9.17, 15) is 4.79 Å². The number of hydrogen-bond donors (Lipinski definition) is 3. The number of nitrogens with zero attached hydrogens (tertiary/aromatic N) is 3. The maximum atomic E-state index is 10.7. The summed E-state index contributed by atoms with van der Waals surface area (Å²) < 4.78 is 6.98. The topological polar surface area (TPSA) is 101 Å². The highest BCUT2D eigenvalue weighted by Crippen LogP contribution is 2.24. The Labute approximate surface area is 160 Å². The molecule has 2 aromatic heterocycles. The highest BCUT2D eigenvalue weighted by Gasteiger charge is 2.09. The summed E-state index contributed by atoms with van der Waals surface area (Å²) in [6.07, 6.45) is -1.10. The number of nitrogens with one attached hydrogen (secondary N) is 2. The average Bonchev–Trinajstić information content (AvgIpc) is 3.11. The molecule has 2 aromatic carbocycles. The van der Waals surface area contributed by atoms with Gasteiger partial charge in [-0.1, -0.05) is 6.07 Å². The van der Waals surface area contributed by atoms with Crippen molar-refractivity contribution in [2.75, 3.05) is 17.7 Å². The number of amides is 1. The number of carbonyl (C=O) groups is 1. The van der Waals surface area contributed by atoms with E-state index in [2.05, 4.69) is 20.7 Å². The molecule has 4 rings (SSSR count). The molecule has 140 valence electrons. The Morgan fingerprint density at radius 3 is 2.39 bits per heavy atom. The van der Waals surface area contributed by atoms with Crippen LogP contribution in [0.25, 0.3) is 16.9 Å². The van der Waals surface area contributed by atoms with Gasteiger partial charge < -0.3 is 15.2 Å². The van der Waals surface area contributed by atoms with Crippen LogP contribution in [0.5, 0.6) is 5.75 Å². The lowest BCUT2D eigenvalue weighted by atomic mass is 10.1. The van der Waals surface area contributed by atoms with E-state index in [4.69, 9.17) is 9.84 Å². The number of methoxy groups -OCH3 is 1. The van der Waals surface area contributed by atoms with Crippen molar-refractivity contribution in [3.05, 3.63) is 66.7 Å². The van der Waals surface area contributed by atoms with Crippen LogP contribution in [0.4, 0.5) is 22.1 Å². The second-order valence-corrected chi connectivity index (χ2v) is 5.98. The minimum atomic E-state index is -1.10. The van der Waals surface area contributed by atoms with E-state index < -0.39 is 6.09 Å². The fourth-order valence-electron chi connectivity index (χ4n) is 2.83. The van der Waals surface area contributed by atoms with E-state index >= 15 is 0 Å². The van der Waals surface area contributed by atoms with Crippen molar-refractivity contribution in [2.45, 2.75) is 0 Å². The predicted octanol–water partition coefficient (Wildman–Crippen LogP) is 4.24. The third-order valence-corrected chi connectivity index (χ3v) is 4.14. The highest BCUT2D eigenvalue weighted by molar-refractivity contribution is 5.83. The number of anilines is 3. The number of ether oxygens (including phenoxy) is 1. The summed E-state index contributed by atoms with van der Waals surface area (Å²) in [7, 11) is 1.63. The van der Waals surface area contributed by atoms with Crippen molar-refractivity contribution >= 4 is 29.1 Å². The SMILES string of the molecule is COc1ccc(-c2cccc3nc(Nc4ccc(NC(=O)O)cc4)nn23)cc1. The quantitative estimate of drug-likeness (QED) is 0.482. The largest absolute Gasteiger partial charge is 0.497 e. The van der Waals surface area contributed by atoms with Gasteiger partial charge in [-0.3, -0.25) is 5.32 Å². The number of fused-ring (bicyclic) bond motifs is 1. The Bertz CT molecular complexity index is 1120. The summed E-state index contributed by atoms with van der Waals surface area (Å²) in [5.74, 6) is 1.23. The summed E-state index contributed by atoms with van der Waals surface area (Å²) in [6.45, 7) is 0. The Balaban J connectivity index is 1.61. The van der Waals surface area contributed by atoms with Crippen molar-refractivity contribution in [3.8, 4) is 17.0 Å². The van der Waals surface area contributed by atoms with E-state index in [0.29, 0.717) is 17.3 Å². The second kappa shape index (κ2) is 7.28. The van der Waals surface area contributed by atoms with Crippen molar-refractivity contribution < 1.29 is 14.6 Å². The van der Waals surface area contributed by atoms with Crippen LogP contribution >= 0.6 is 0 Å². The van der Waals surface area contributed by atoms with Crippen LogP contribution in [0.1, 0.15) is 0 Å². The molecule has 3 N–H and O–H groups in total. The van der Waals surface area contributed by atoms with Gasteiger partial charge in [0.15, 0.2) is 5.65 Å². The number of rotatable bonds is 5. The molecule has 0 spiro atoms. The lowest BCUT2D eigenvalue weighted by molar-refractivity contribution is 0.210. The molecular weight excluding hydrogens is 358 g/mol. The first-order valence-corrected chi connectivity index (χ1v) is 8.49. The van der Waals surface area contributed by atoms with Gasteiger partial charge in [0.05, 0.1) is 12.8 Å². The Morgan fingerprint density at radius 1 is 1.00 bits per heavy atom. The first kappa shape index (κ1) is 17.3. The second-order valence-electron chi connectivity index (χ2n) is 5.98. The molecule has 0 saturated carbocycles. The lowest BCUT2D eigenvalue weighted by Crippen LogP contribution is -2.06. The van der Waals surface area contributed by atoms with Gasteiger partial charge in [0.2, 0.25) is 5.95 Å². The van der Waals surface area contributed by atoms with Crippen LogP contribution in [0.15, 0.2) is 66.7 Å². The van der Waals surface area contributed by atoms with Crippen LogP contribution < -0.4 is 15.4 Å². The van der Waals surface area contributed by atoms with Gasteiger partial charge in [0.25, 0.3) is 0 Å². The van der Waals surface area contributed by atoms with E-state index in [-0.39, 0.29) is 0 Å². The molecule has 1 amide bonds. The number of hydrogen-bond acceptors (Lipinski definition) is 5. The van der Waals surface area contributed by atoms with Crippen molar-refractivity contribution in [1.82, 2.24) is 14.6 Å². The lowest BCUT2D eigenvalue weighted by Gasteiger charge is -2.05. The normalized spacial score (nSPS) is 10.6. The van der Waals surface area contributed by atoms with E-state index in [1.165, 1.54) is 0 Å². The molecule has 0 aliphatic heterocycles. The van der Waals surface area contributed by atoms with E-state index in [1.807, 2.05) is 42.5 Å². The summed E-state index contributed by atoms with van der Waals surface area (Å²) in [5, 5.41) is 18.7. The number of aromatic nitrogens is 3. The minimum Gasteiger partial charge on any atom is -0.497 e. The minimum absolute atomic E-state index is 0.444. The molecule has 8 heteroatoms. The number of benzene rings is 2. The molecule has 2 heterocycles. The third-order valence-electron chi connectivity index (χ3n) is 4.14. The van der Waals surface area contributed by atoms with Gasteiger partial charge in [-0.05, 0) is 60.7 Å². The van der Waals surface area contributed by atoms with Gasteiger partial charge in [-0.2, -0.15) is 4.98 Å². The van der Waals surface area contributed by atoms with E-state index in [1.54, 1.807) is 35.9 Å². The fourth-order valence-corrected chi connectivity index (χ4v) is 2.83. The van der Waals surface area contributed by atoms with Crippen LogP contribution in [0, 0.1) is 0 Å². The molecular formula is C20H17N5O3. The molecule has 0 unspecified atom stereocenters. The van der Waals surface area contributed by atoms with Crippen molar-refractivity contribution in [3.63, 3.8) is 0 Å². The Hall–Kier alpha value is -4.07. The molecule has 0 aliphatic rings. The maximum Gasteiger partial charge on any atom is 0.409 e. The zero-order chi connectivity index (χ0) is 19.5. The summed E-state index contributed by atoms with van der Waals surface area (Å²) >= 11 is 0. The van der Waals surface area contributed by atoms with Crippen molar-refractivity contribution in [2.24, 2.45) is 0 Å². The smallest absolute Gasteiger partial charge is 0.409 e. The summed E-state index contributed by atoms with van der Waals surface area (Å²) in [5.41, 5.74) is 3.84. The number of pyridine rings is 1. The first-order valence-electron chi connectivity index (χ1n) is 8.49. The van der Waals surface area contributed by atoms with E-state index in [0.717, 1.165) is 22.7 Å². The van der Waals surface area contributed by atoms with Gasteiger partial charge in [-0.15, -0.1) is 5.10 Å². The Kier molecular flexibility index (Phi) is 4.51. The fraction of sp³-hybridized carbons (Fsp3) is 0.0500. The highest BCUT2D eigenvalue weighted by atomic mass is 16.5. The first-order chi connectivity index (χ1) is 13.6. The molecule has 0 saturated heterocycles. The predicted molar refractivity (Wildman–Crippen MR) is 106 cm³/mol. The summed E-state index contributed by atoms with van der Waals surface area (Å²) in [6, 6.07) is 20.3. The molecule has 0 fully saturated rings. The molecule has 0 bridgehead atoms. The third kappa shape index (κ3) is 3.56. The van der Waals surface area contributed by atoms with Crippen LogP contribution in [-0.4, -0.2) is 32.9 Å². The van der Waals surface area contributed by atoms with Gasteiger partial charge >= 0.3 is 6.09 Å². The van der Waals surface area contributed by atoms with Crippen LogP contribution in [-0.2, 0) is 0 Å². The average molecular weight is 375 g/mol. The monoisotopic (exact) mass is 375 g/mol. The van der Waals surface area contributed by atoms with Gasteiger partial charge in [0.1, 0.15) is 5.75 Å². The zero-order valence-electron chi connectivity index (χ0n) is 15.0. The maximum absolute atomic E-state index is 10.7. The molecule has 8 nitrogen and oxygen atoms in total. The van der Waals surface area contributed by atoms with Crippen LogP contribution in [0.3, 0.4) is 0 Å². The molecule has 4 aromatic rings. The van der Waals surface area contributed by atoms with Crippen LogP contribution in [0.2, 0.25) is 0 Å². The number of carboxylic acid groups (broad SMARTS) is 1. The summed E-state index contributed by atoms with van der Waals surface area (Å²) in [4.78, 5) is 15.2. The Morgan fingerprint density at radius 2 is 1.71 bits per heavy atom. The van der Waals surface area contributed by atoms with Gasteiger partial charge in [0, 0.05) is 16.9 Å². The zero-order valence-corrected chi connectivity index (χ0v) is 15.0.